The lowest BCUT2D eigenvalue weighted by molar-refractivity contribution is 0.377. The summed E-state index contributed by atoms with van der Waals surface area (Å²) in [6, 6.07) is 13.7. The maximum Gasteiger partial charge on any atom is 0.530 e. The average Bonchev–Trinajstić information content (AvgIpc) is 2.90. The number of aryl methyl sites for hydroxylation is 3. The summed E-state index contributed by atoms with van der Waals surface area (Å²) < 4.78 is 20.8. The molecule has 4 heteroatoms. The molecule has 0 unspecified atom stereocenters. The second-order valence-corrected chi connectivity index (χ2v) is 15.2. The van der Waals surface area contributed by atoms with Gasteiger partial charge in [0.15, 0.2) is 0 Å². The molecule has 0 aromatic heterocycles. The summed E-state index contributed by atoms with van der Waals surface area (Å²) in [6.45, 7) is 33.3. The molecule has 0 saturated heterocycles. The Morgan fingerprint density at radius 1 is 0.372 bits per heavy atom. The first-order chi connectivity index (χ1) is 20.0. The fourth-order valence-corrected chi connectivity index (χ4v) is 6.74. The van der Waals surface area contributed by atoms with Crippen molar-refractivity contribution < 1.29 is 13.6 Å². The summed E-state index contributed by atoms with van der Waals surface area (Å²) in [5, 5.41) is 0. The van der Waals surface area contributed by atoms with Crippen LogP contribution in [0.5, 0.6) is 17.2 Å². The third kappa shape index (κ3) is 8.36. The molecule has 0 bridgehead atoms. The highest BCUT2D eigenvalue weighted by Gasteiger charge is 2.29. The molecule has 43 heavy (non-hydrogen) atoms. The molecular formula is C39H57O3P. The van der Waals surface area contributed by atoms with Crippen LogP contribution in [0, 0.1) is 20.8 Å². The van der Waals surface area contributed by atoms with E-state index in [0.29, 0.717) is 35.5 Å². The fourth-order valence-electron chi connectivity index (χ4n) is 5.43. The summed E-state index contributed by atoms with van der Waals surface area (Å²) >= 11 is 0. The lowest BCUT2D eigenvalue weighted by atomic mass is 9.92. The zero-order valence-corrected chi connectivity index (χ0v) is 30.5. The van der Waals surface area contributed by atoms with Gasteiger partial charge in [-0.15, -0.1) is 0 Å². The van der Waals surface area contributed by atoms with Gasteiger partial charge in [-0.3, -0.25) is 0 Å². The second-order valence-electron chi connectivity index (χ2n) is 14.2. The van der Waals surface area contributed by atoms with Crippen molar-refractivity contribution in [1.29, 1.82) is 0 Å². The maximum absolute atomic E-state index is 6.94. The third-order valence-corrected chi connectivity index (χ3v) is 9.34. The van der Waals surface area contributed by atoms with E-state index < -0.39 is 8.60 Å². The van der Waals surface area contributed by atoms with E-state index in [2.05, 4.69) is 140 Å². The standard InChI is InChI=1S/C39H57O3P/c1-22(2)31-16-28(13)37(34(19-31)25(7)8)40-43(41-38-29(14)17-32(23(3)4)20-35(38)26(9)10)42-39-30(15)18-33(24(5)6)21-36(39)27(11)12/h16-27H,1-15H3. The van der Waals surface area contributed by atoms with Gasteiger partial charge in [-0.05, 0) is 106 Å². The number of hydrogen-bond donors (Lipinski definition) is 0. The Bertz CT molecular complexity index is 1230. The predicted octanol–water partition coefficient (Wildman–Crippen LogP) is 13.1. The van der Waals surface area contributed by atoms with Crippen LogP contribution in [-0.2, 0) is 0 Å². The molecule has 3 aromatic carbocycles. The van der Waals surface area contributed by atoms with Crippen molar-refractivity contribution in [2.75, 3.05) is 0 Å². The van der Waals surface area contributed by atoms with E-state index in [1.165, 1.54) is 33.4 Å². The van der Waals surface area contributed by atoms with Gasteiger partial charge in [-0.25, -0.2) is 0 Å². The van der Waals surface area contributed by atoms with Gasteiger partial charge in [0, 0.05) is 0 Å². The summed E-state index contributed by atoms with van der Waals surface area (Å²) in [4.78, 5) is 0. The zero-order chi connectivity index (χ0) is 32.3. The van der Waals surface area contributed by atoms with Gasteiger partial charge in [-0.1, -0.05) is 119 Å². The van der Waals surface area contributed by atoms with Crippen LogP contribution in [0.25, 0.3) is 0 Å². The molecular weight excluding hydrogens is 547 g/mol. The largest absolute Gasteiger partial charge is 0.530 e. The van der Waals surface area contributed by atoms with Gasteiger partial charge in [0.2, 0.25) is 0 Å². The summed E-state index contributed by atoms with van der Waals surface area (Å²) in [7, 11) is -1.84. The molecule has 0 aliphatic rings. The SMILES string of the molecule is Cc1cc(C(C)C)cc(C(C)C)c1OP(Oc1c(C)cc(C(C)C)cc1C(C)C)Oc1c(C)cc(C(C)C)cc1C(C)C. The van der Waals surface area contributed by atoms with Crippen LogP contribution in [0.3, 0.4) is 0 Å². The normalized spacial score (nSPS) is 12.1. The number of benzene rings is 3. The minimum atomic E-state index is -1.84. The van der Waals surface area contributed by atoms with Crippen molar-refractivity contribution in [3.8, 4) is 17.2 Å². The quantitative estimate of drug-likeness (QED) is 0.192. The van der Waals surface area contributed by atoms with Crippen LogP contribution in [0.4, 0.5) is 0 Å². The van der Waals surface area contributed by atoms with E-state index >= 15 is 0 Å². The molecule has 0 radical (unpaired) electrons. The Hall–Kier alpha value is -2.51. The van der Waals surface area contributed by atoms with Crippen molar-refractivity contribution in [2.24, 2.45) is 0 Å². The predicted molar refractivity (Wildman–Crippen MR) is 187 cm³/mol. The van der Waals surface area contributed by atoms with Crippen LogP contribution in [-0.4, -0.2) is 0 Å². The van der Waals surface area contributed by atoms with Crippen LogP contribution >= 0.6 is 8.60 Å². The second kappa shape index (κ2) is 14.5. The monoisotopic (exact) mass is 604 g/mol. The highest BCUT2D eigenvalue weighted by atomic mass is 31.2. The van der Waals surface area contributed by atoms with Crippen molar-refractivity contribution in [1.82, 2.24) is 0 Å². The minimum Gasteiger partial charge on any atom is -0.408 e. The van der Waals surface area contributed by atoms with E-state index in [1.807, 2.05) is 0 Å². The van der Waals surface area contributed by atoms with Gasteiger partial charge in [0.05, 0.1) is 0 Å². The van der Waals surface area contributed by atoms with Crippen molar-refractivity contribution in [3.63, 3.8) is 0 Å². The van der Waals surface area contributed by atoms with E-state index in [9.17, 15) is 0 Å². The summed E-state index contributed by atoms with van der Waals surface area (Å²) in [5.74, 6) is 4.80. The first kappa shape index (κ1) is 35.0. The Morgan fingerprint density at radius 3 is 0.791 bits per heavy atom. The smallest absolute Gasteiger partial charge is 0.408 e. The van der Waals surface area contributed by atoms with Gasteiger partial charge >= 0.3 is 8.60 Å². The molecule has 0 heterocycles. The zero-order valence-electron chi connectivity index (χ0n) is 29.6. The van der Waals surface area contributed by atoms with E-state index in [-0.39, 0.29) is 0 Å². The van der Waals surface area contributed by atoms with Gasteiger partial charge in [0.25, 0.3) is 0 Å². The van der Waals surface area contributed by atoms with Crippen LogP contribution in [0.1, 0.15) is 169 Å². The molecule has 0 amide bonds. The van der Waals surface area contributed by atoms with E-state index in [4.69, 9.17) is 13.6 Å². The van der Waals surface area contributed by atoms with Crippen molar-refractivity contribution in [3.05, 3.63) is 86.5 Å². The van der Waals surface area contributed by atoms with E-state index in [1.54, 1.807) is 0 Å². The maximum atomic E-state index is 6.94. The Kier molecular flexibility index (Phi) is 11.8. The molecule has 0 spiro atoms. The van der Waals surface area contributed by atoms with Gasteiger partial charge in [-0.2, -0.15) is 0 Å². The molecule has 3 rings (SSSR count). The van der Waals surface area contributed by atoms with Crippen molar-refractivity contribution in [2.45, 2.75) is 139 Å². The first-order valence-electron chi connectivity index (χ1n) is 16.3. The molecule has 0 N–H and O–H groups in total. The van der Waals surface area contributed by atoms with Crippen molar-refractivity contribution >= 4 is 8.60 Å². The molecule has 3 aromatic rings. The molecule has 0 fully saturated rings. The van der Waals surface area contributed by atoms with Gasteiger partial charge < -0.3 is 13.6 Å². The van der Waals surface area contributed by atoms with E-state index in [0.717, 1.165) is 33.9 Å². The highest BCUT2D eigenvalue weighted by molar-refractivity contribution is 7.43. The molecule has 0 aliphatic heterocycles. The number of rotatable bonds is 12. The van der Waals surface area contributed by atoms with Crippen LogP contribution < -0.4 is 13.6 Å². The van der Waals surface area contributed by atoms with Crippen LogP contribution in [0.15, 0.2) is 36.4 Å². The number of hydrogen-bond acceptors (Lipinski definition) is 3. The average molecular weight is 605 g/mol. The van der Waals surface area contributed by atoms with Gasteiger partial charge in [0.1, 0.15) is 17.2 Å². The molecule has 0 atom stereocenters. The highest BCUT2D eigenvalue weighted by Crippen LogP contribution is 2.50. The topological polar surface area (TPSA) is 27.7 Å². The summed E-state index contributed by atoms with van der Waals surface area (Å²) in [5.41, 5.74) is 10.9. The summed E-state index contributed by atoms with van der Waals surface area (Å²) in [6.07, 6.45) is 0. The Labute approximate surface area is 264 Å². The lowest BCUT2D eigenvalue weighted by Crippen LogP contribution is -2.10. The molecule has 3 nitrogen and oxygen atoms in total. The third-order valence-electron chi connectivity index (χ3n) is 8.34. The first-order valence-corrected chi connectivity index (χ1v) is 17.4. The molecule has 0 aliphatic carbocycles. The molecule has 0 saturated carbocycles. The fraction of sp³-hybridized carbons (Fsp3) is 0.538. The minimum absolute atomic E-state index is 0.292. The molecule has 236 valence electrons. The lowest BCUT2D eigenvalue weighted by Gasteiger charge is -2.27. The van der Waals surface area contributed by atoms with Crippen LogP contribution in [0.2, 0.25) is 0 Å². The Balaban J connectivity index is 2.23. The Morgan fingerprint density at radius 2 is 0.605 bits per heavy atom.